The van der Waals surface area contributed by atoms with Crippen molar-refractivity contribution in [2.24, 2.45) is 11.7 Å². The average Bonchev–Trinajstić information content (AvgIpc) is 3.11. The molecule has 1 unspecified atom stereocenters. The first-order valence-corrected chi connectivity index (χ1v) is 10.1. The fourth-order valence-electron chi connectivity index (χ4n) is 3.33. The Balaban J connectivity index is 0.00000243. The smallest absolute Gasteiger partial charge is 0.253 e. The zero-order valence-electron chi connectivity index (χ0n) is 14.9. The summed E-state index contributed by atoms with van der Waals surface area (Å²) in [5, 5.41) is 0. The lowest BCUT2D eigenvalue weighted by molar-refractivity contribution is 0.0730. The lowest BCUT2D eigenvalue weighted by Gasteiger charge is -2.27. The molecule has 0 aliphatic carbocycles. The number of rotatable bonds is 4. The second-order valence-corrected chi connectivity index (χ2v) is 8.54. The van der Waals surface area contributed by atoms with Gasteiger partial charge in [0.1, 0.15) is 0 Å². The molecule has 146 valence electrons. The molecule has 0 aromatic heterocycles. The highest BCUT2D eigenvalue weighted by molar-refractivity contribution is 7.89. The summed E-state index contributed by atoms with van der Waals surface area (Å²) in [6, 6.07) is 4.92. The fraction of sp³-hybridized carbons (Fsp3) is 0.588. The number of carbonyl (C=O) groups is 1. The van der Waals surface area contributed by atoms with Gasteiger partial charge in [-0.05, 0) is 43.5 Å². The molecule has 0 spiro atoms. The normalized spacial score (nSPS) is 21.5. The lowest BCUT2D eigenvalue weighted by Crippen LogP contribution is -2.41. The summed E-state index contributed by atoms with van der Waals surface area (Å²) in [5.41, 5.74) is 6.74. The number of ether oxygens (including phenoxy) is 1. The minimum atomic E-state index is -3.63. The number of nitrogens with two attached hydrogens (primary N) is 1. The standard InChI is InChI=1S/C17H25N3O4S.ClH/c1-13-2-3-15(17(21)19-5-4-14(11-18)12-19)10-16(13)25(22,23)20-6-8-24-9-7-20;/h2-3,10,14H,4-9,11-12,18H2,1H3;1H. The molecule has 3 rings (SSSR count). The van der Waals surface area contributed by atoms with Crippen LogP contribution in [0.5, 0.6) is 0 Å². The number of hydrogen-bond acceptors (Lipinski definition) is 5. The van der Waals surface area contributed by atoms with Crippen molar-refractivity contribution in [3.8, 4) is 0 Å². The van der Waals surface area contributed by atoms with Gasteiger partial charge in [0.2, 0.25) is 10.0 Å². The molecule has 1 aromatic rings. The molecule has 2 saturated heterocycles. The Morgan fingerprint density at radius 3 is 2.58 bits per heavy atom. The van der Waals surface area contributed by atoms with Crippen molar-refractivity contribution in [3.63, 3.8) is 0 Å². The monoisotopic (exact) mass is 403 g/mol. The van der Waals surface area contributed by atoms with Crippen molar-refractivity contribution in [1.29, 1.82) is 0 Å². The average molecular weight is 404 g/mol. The highest BCUT2D eigenvalue weighted by atomic mass is 35.5. The number of benzene rings is 1. The maximum absolute atomic E-state index is 12.9. The van der Waals surface area contributed by atoms with Crippen LogP contribution in [0.2, 0.25) is 0 Å². The number of hydrogen-bond donors (Lipinski definition) is 1. The predicted octanol–water partition coefficient (Wildman–Crippen LogP) is 0.859. The Hall–Kier alpha value is -1.19. The van der Waals surface area contributed by atoms with Crippen LogP contribution in [0.3, 0.4) is 0 Å². The fourth-order valence-corrected chi connectivity index (χ4v) is 4.99. The summed E-state index contributed by atoms with van der Waals surface area (Å²) < 4.78 is 32.5. The number of amides is 1. The number of halogens is 1. The first-order valence-electron chi connectivity index (χ1n) is 8.61. The zero-order chi connectivity index (χ0) is 18.0. The maximum atomic E-state index is 12.9. The van der Waals surface area contributed by atoms with Gasteiger partial charge in [-0.15, -0.1) is 12.4 Å². The Morgan fingerprint density at radius 2 is 1.96 bits per heavy atom. The van der Waals surface area contributed by atoms with Crippen molar-refractivity contribution < 1.29 is 17.9 Å². The van der Waals surface area contributed by atoms with E-state index in [4.69, 9.17) is 10.5 Å². The van der Waals surface area contributed by atoms with Crippen LogP contribution in [0.25, 0.3) is 0 Å². The van der Waals surface area contributed by atoms with Gasteiger partial charge < -0.3 is 15.4 Å². The summed E-state index contributed by atoms with van der Waals surface area (Å²) in [7, 11) is -3.63. The topological polar surface area (TPSA) is 92.9 Å². The molecule has 2 fully saturated rings. The van der Waals surface area contributed by atoms with Crippen LogP contribution in [-0.2, 0) is 14.8 Å². The largest absolute Gasteiger partial charge is 0.379 e. The van der Waals surface area contributed by atoms with Gasteiger partial charge >= 0.3 is 0 Å². The van der Waals surface area contributed by atoms with Gasteiger partial charge in [0.25, 0.3) is 5.91 Å². The molecule has 1 atom stereocenters. The Kier molecular flexibility index (Phi) is 7.04. The third-order valence-corrected chi connectivity index (χ3v) is 6.97. The quantitative estimate of drug-likeness (QED) is 0.804. The third-order valence-electron chi connectivity index (χ3n) is 4.93. The van der Waals surface area contributed by atoms with E-state index in [1.54, 1.807) is 24.0 Å². The van der Waals surface area contributed by atoms with Crippen LogP contribution in [0.1, 0.15) is 22.3 Å². The van der Waals surface area contributed by atoms with Gasteiger partial charge in [-0.1, -0.05) is 6.07 Å². The van der Waals surface area contributed by atoms with E-state index in [9.17, 15) is 13.2 Å². The van der Waals surface area contributed by atoms with Crippen molar-refractivity contribution in [2.45, 2.75) is 18.2 Å². The molecule has 26 heavy (non-hydrogen) atoms. The second kappa shape index (κ2) is 8.67. The third kappa shape index (κ3) is 4.20. The summed E-state index contributed by atoms with van der Waals surface area (Å²) in [6.45, 7) is 5.08. The van der Waals surface area contributed by atoms with E-state index < -0.39 is 10.0 Å². The molecular formula is C17H26ClN3O4S. The van der Waals surface area contributed by atoms with E-state index in [0.717, 1.165) is 6.42 Å². The van der Waals surface area contributed by atoms with Crippen LogP contribution in [0.15, 0.2) is 23.1 Å². The molecule has 0 saturated carbocycles. The van der Waals surface area contributed by atoms with Crippen LogP contribution in [0.4, 0.5) is 0 Å². The van der Waals surface area contributed by atoms with Gasteiger partial charge in [0.15, 0.2) is 0 Å². The summed E-state index contributed by atoms with van der Waals surface area (Å²) in [5.74, 6) is 0.195. The number of likely N-dealkylation sites (tertiary alicyclic amines) is 1. The molecule has 2 aliphatic rings. The summed E-state index contributed by atoms with van der Waals surface area (Å²) in [4.78, 5) is 14.7. The molecular weight excluding hydrogens is 378 g/mol. The van der Waals surface area contributed by atoms with Crippen molar-refractivity contribution in [3.05, 3.63) is 29.3 Å². The first kappa shape index (κ1) is 21.1. The molecule has 7 nitrogen and oxygen atoms in total. The van der Waals surface area contributed by atoms with E-state index in [-0.39, 0.29) is 23.2 Å². The number of sulfonamides is 1. The Labute approximate surface area is 160 Å². The minimum Gasteiger partial charge on any atom is -0.379 e. The van der Waals surface area contributed by atoms with Crippen molar-refractivity contribution in [2.75, 3.05) is 45.9 Å². The lowest BCUT2D eigenvalue weighted by atomic mass is 10.1. The minimum absolute atomic E-state index is 0. The first-order chi connectivity index (χ1) is 11.9. The van der Waals surface area contributed by atoms with E-state index in [0.29, 0.717) is 63.0 Å². The van der Waals surface area contributed by atoms with Crippen LogP contribution in [0, 0.1) is 12.8 Å². The maximum Gasteiger partial charge on any atom is 0.253 e. The highest BCUT2D eigenvalue weighted by Crippen LogP contribution is 2.24. The predicted molar refractivity (Wildman–Crippen MR) is 101 cm³/mol. The second-order valence-electron chi connectivity index (χ2n) is 6.64. The molecule has 1 amide bonds. The molecule has 2 aliphatic heterocycles. The molecule has 2 heterocycles. The number of nitrogens with zero attached hydrogens (tertiary/aromatic N) is 2. The van der Waals surface area contributed by atoms with Crippen LogP contribution in [-0.4, -0.2) is 69.5 Å². The molecule has 1 aromatic carbocycles. The summed E-state index contributed by atoms with van der Waals surface area (Å²) >= 11 is 0. The summed E-state index contributed by atoms with van der Waals surface area (Å²) in [6.07, 6.45) is 0.896. The molecule has 0 bridgehead atoms. The van der Waals surface area contributed by atoms with Gasteiger partial charge in [0, 0.05) is 31.7 Å². The van der Waals surface area contributed by atoms with Crippen LogP contribution >= 0.6 is 12.4 Å². The highest BCUT2D eigenvalue weighted by Gasteiger charge is 2.30. The van der Waals surface area contributed by atoms with E-state index in [2.05, 4.69) is 0 Å². The Bertz CT molecular complexity index is 750. The van der Waals surface area contributed by atoms with Gasteiger partial charge in [-0.2, -0.15) is 4.31 Å². The van der Waals surface area contributed by atoms with E-state index in [1.807, 2.05) is 0 Å². The molecule has 2 N–H and O–H groups in total. The molecule has 9 heteroatoms. The van der Waals surface area contributed by atoms with E-state index in [1.165, 1.54) is 10.4 Å². The number of aryl methyl sites for hydroxylation is 1. The number of morpholine rings is 1. The van der Waals surface area contributed by atoms with Crippen LogP contribution < -0.4 is 5.73 Å². The molecule has 0 radical (unpaired) electrons. The van der Waals surface area contributed by atoms with E-state index >= 15 is 0 Å². The Morgan fingerprint density at radius 1 is 1.27 bits per heavy atom. The number of carbonyl (C=O) groups excluding carboxylic acids is 1. The van der Waals surface area contributed by atoms with Crippen molar-refractivity contribution in [1.82, 2.24) is 9.21 Å². The van der Waals surface area contributed by atoms with Gasteiger partial charge in [-0.25, -0.2) is 8.42 Å². The SMILES string of the molecule is Cc1ccc(C(=O)N2CCC(CN)C2)cc1S(=O)(=O)N1CCOCC1.Cl. The van der Waals surface area contributed by atoms with Crippen molar-refractivity contribution >= 4 is 28.3 Å². The zero-order valence-corrected chi connectivity index (χ0v) is 16.5. The van der Waals surface area contributed by atoms with Gasteiger partial charge in [0.05, 0.1) is 18.1 Å². The van der Waals surface area contributed by atoms with Gasteiger partial charge in [-0.3, -0.25) is 4.79 Å².